The first-order valence-corrected chi connectivity index (χ1v) is 8.19. The van der Waals surface area contributed by atoms with Gasteiger partial charge in [-0.25, -0.2) is 0 Å². The number of carbonyl (C=O) groups excluding carboxylic acids is 1. The molecule has 2 rings (SSSR count). The lowest BCUT2D eigenvalue weighted by Gasteiger charge is -2.19. The highest BCUT2D eigenvalue weighted by molar-refractivity contribution is 7.09. The number of amides is 1. The van der Waals surface area contributed by atoms with Gasteiger partial charge in [0, 0.05) is 23.7 Å². The highest BCUT2D eigenvalue weighted by Crippen LogP contribution is 2.17. The van der Waals surface area contributed by atoms with Gasteiger partial charge in [0.1, 0.15) is 0 Å². The Morgan fingerprint density at radius 3 is 2.86 bits per heavy atom. The van der Waals surface area contributed by atoms with Crippen LogP contribution in [0.1, 0.15) is 16.0 Å². The molecule has 0 aliphatic rings. The second-order valence-corrected chi connectivity index (χ2v) is 6.44. The molecule has 1 aromatic carbocycles. The van der Waals surface area contributed by atoms with Crippen molar-refractivity contribution in [3.63, 3.8) is 0 Å². The van der Waals surface area contributed by atoms with E-state index in [0.29, 0.717) is 13.1 Å². The van der Waals surface area contributed by atoms with Crippen molar-refractivity contribution in [2.75, 3.05) is 18.4 Å². The van der Waals surface area contributed by atoms with Gasteiger partial charge in [0.2, 0.25) is 5.91 Å². The molecule has 1 amide bonds. The molecule has 2 aromatic rings. The molecule has 0 unspecified atom stereocenters. The van der Waals surface area contributed by atoms with Crippen LogP contribution >= 0.6 is 11.3 Å². The average molecular weight is 314 g/mol. The lowest BCUT2D eigenvalue weighted by atomic mass is 10.1. The molecule has 0 spiro atoms. The van der Waals surface area contributed by atoms with E-state index in [1.807, 2.05) is 44.2 Å². The molecule has 22 heavy (non-hydrogen) atoms. The summed E-state index contributed by atoms with van der Waals surface area (Å²) in [5.41, 5.74) is 3.11. The quantitative estimate of drug-likeness (QED) is 0.784. The predicted molar refractivity (Wildman–Crippen MR) is 94.3 cm³/mol. The standard InChI is InChI=1S/C18H22N2OS/c1-4-9-20(12-16-6-5-10-22-16)13-18(21)19-17-11-14(2)7-8-15(17)3/h4-8,10-11H,1,9,12-13H2,2-3H3,(H,19,21). The summed E-state index contributed by atoms with van der Waals surface area (Å²) in [6.07, 6.45) is 1.83. The van der Waals surface area contributed by atoms with Crippen LogP contribution in [0.15, 0.2) is 48.4 Å². The number of benzene rings is 1. The second kappa shape index (κ2) is 7.92. The number of rotatable bonds is 7. The molecule has 1 heterocycles. The summed E-state index contributed by atoms with van der Waals surface area (Å²) < 4.78 is 0. The van der Waals surface area contributed by atoms with Crippen molar-refractivity contribution in [3.05, 3.63) is 64.4 Å². The third-order valence-corrected chi connectivity index (χ3v) is 4.24. The topological polar surface area (TPSA) is 32.3 Å². The Hall–Kier alpha value is -1.91. The van der Waals surface area contributed by atoms with E-state index in [9.17, 15) is 4.79 Å². The summed E-state index contributed by atoms with van der Waals surface area (Å²) >= 11 is 1.70. The van der Waals surface area contributed by atoms with E-state index in [-0.39, 0.29) is 5.91 Å². The van der Waals surface area contributed by atoms with Crippen LogP contribution in [0, 0.1) is 13.8 Å². The highest BCUT2D eigenvalue weighted by atomic mass is 32.1. The first-order valence-electron chi connectivity index (χ1n) is 7.31. The van der Waals surface area contributed by atoms with Crippen LogP contribution in [0.25, 0.3) is 0 Å². The monoisotopic (exact) mass is 314 g/mol. The molecular formula is C18H22N2OS. The molecule has 4 heteroatoms. The van der Waals surface area contributed by atoms with Gasteiger partial charge in [-0.15, -0.1) is 17.9 Å². The maximum Gasteiger partial charge on any atom is 0.238 e. The number of thiophene rings is 1. The van der Waals surface area contributed by atoms with Gasteiger partial charge in [-0.2, -0.15) is 0 Å². The first-order chi connectivity index (χ1) is 10.6. The number of nitrogens with zero attached hydrogens (tertiary/aromatic N) is 1. The molecule has 0 radical (unpaired) electrons. The summed E-state index contributed by atoms with van der Waals surface area (Å²) in [7, 11) is 0. The van der Waals surface area contributed by atoms with Crippen LogP contribution in [0.3, 0.4) is 0 Å². The van der Waals surface area contributed by atoms with Gasteiger partial charge in [0.15, 0.2) is 0 Å². The molecule has 0 aliphatic heterocycles. The first kappa shape index (κ1) is 16.5. The minimum Gasteiger partial charge on any atom is -0.325 e. The van der Waals surface area contributed by atoms with Gasteiger partial charge in [-0.1, -0.05) is 24.3 Å². The van der Waals surface area contributed by atoms with E-state index in [1.54, 1.807) is 11.3 Å². The third kappa shape index (κ3) is 4.83. The lowest BCUT2D eigenvalue weighted by molar-refractivity contribution is -0.117. The van der Waals surface area contributed by atoms with Crippen LogP contribution in [-0.2, 0) is 11.3 Å². The zero-order chi connectivity index (χ0) is 15.9. The fourth-order valence-electron chi connectivity index (χ4n) is 2.25. The maximum absolute atomic E-state index is 12.3. The van der Waals surface area contributed by atoms with Crippen molar-refractivity contribution in [2.45, 2.75) is 20.4 Å². The van der Waals surface area contributed by atoms with Crippen molar-refractivity contribution >= 4 is 22.9 Å². The predicted octanol–water partition coefficient (Wildman–Crippen LogP) is 3.99. The molecule has 1 aromatic heterocycles. The summed E-state index contributed by atoms with van der Waals surface area (Å²) in [5.74, 6) is 0.00658. The van der Waals surface area contributed by atoms with E-state index >= 15 is 0 Å². The number of carbonyl (C=O) groups is 1. The van der Waals surface area contributed by atoms with E-state index in [0.717, 1.165) is 23.4 Å². The SMILES string of the molecule is C=CCN(CC(=O)Nc1cc(C)ccc1C)Cc1cccs1. The fraction of sp³-hybridized carbons (Fsp3) is 0.278. The number of nitrogens with one attached hydrogen (secondary N) is 1. The molecule has 3 nitrogen and oxygen atoms in total. The van der Waals surface area contributed by atoms with Crippen LogP contribution in [0.4, 0.5) is 5.69 Å². The Labute approximate surface area is 136 Å². The molecule has 1 N–H and O–H groups in total. The molecule has 0 saturated heterocycles. The largest absolute Gasteiger partial charge is 0.325 e. The van der Waals surface area contributed by atoms with Gasteiger partial charge in [-0.05, 0) is 42.5 Å². The third-order valence-electron chi connectivity index (χ3n) is 3.38. The molecule has 0 atom stereocenters. The average Bonchev–Trinajstić information content (AvgIpc) is 2.96. The van der Waals surface area contributed by atoms with E-state index < -0.39 is 0 Å². The maximum atomic E-state index is 12.3. The number of anilines is 1. The van der Waals surface area contributed by atoms with Crippen molar-refractivity contribution in [2.24, 2.45) is 0 Å². The van der Waals surface area contributed by atoms with Crippen molar-refractivity contribution in [1.82, 2.24) is 4.90 Å². The van der Waals surface area contributed by atoms with Crippen LogP contribution in [0.2, 0.25) is 0 Å². The Balaban J connectivity index is 1.98. The second-order valence-electron chi connectivity index (χ2n) is 5.40. The zero-order valence-electron chi connectivity index (χ0n) is 13.1. The van der Waals surface area contributed by atoms with E-state index in [1.165, 1.54) is 4.88 Å². The van der Waals surface area contributed by atoms with E-state index in [2.05, 4.69) is 28.2 Å². The van der Waals surface area contributed by atoms with Crippen molar-refractivity contribution in [1.29, 1.82) is 0 Å². The molecule has 0 fully saturated rings. The summed E-state index contributed by atoms with van der Waals surface area (Å²) in [5, 5.41) is 5.06. The van der Waals surface area contributed by atoms with Crippen molar-refractivity contribution < 1.29 is 4.79 Å². The summed E-state index contributed by atoms with van der Waals surface area (Å²) in [6.45, 7) is 9.62. The molecular weight excluding hydrogens is 292 g/mol. The lowest BCUT2D eigenvalue weighted by Crippen LogP contribution is -2.33. The van der Waals surface area contributed by atoms with Gasteiger partial charge in [-0.3, -0.25) is 9.69 Å². The number of aryl methyl sites for hydroxylation is 2. The Morgan fingerprint density at radius 1 is 1.36 bits per heavy atom. The van der Waals surface area contributed by atoms with Crippen LogP contribution in [0.5, 0.6) is 0 Å². The van der Waals surface area contributed by atoms with Gasteiger partial charge < -0.3 is 5.32 Å². The normalized spacial score (nSPS) is 10.7. The number of hydrogen-bond donors (Lipinski definition) is 1. The highest BCUT2D eigenvalue weighted by Gasteiger charge is 2.12. The minimum absolute atomic E-state index is 0.00658. The van der Waals surface area contributed by atoms with Crippen LogP contribution in [-0.4, -0.2) is 23.9 Å². The van der Waals surface area contributed by atoms with Gasteiger partial charge in [0.05, 0.1) is 6.54 Å². The van der Waals surface area contributed by atoms with Gasteiger partial charge >= 0.3 is 0 Å². The Morgan fingerprint density at radius 2 is 2.18 bits per heavy atom. The van der Waals surface area contributed by atoms with E-state index in [4.69, 9.17) is 0 Å². The zero-order valence-corrected chi connectivity index (χ0v) is 14.0. The summed E-state index contributed by atoms with van der Waals surface area (Å²) in [4.78, 5) is 15.6. The minimum atomic E-state index is 0.00658. The Bertz CT molecular complexity index is 635. The smallest absolute Gasteiger partial charge is 0.238 e. The Kier molecular flexibility index (Phi) is 5.92. The van der Waals surface area contributed by atoms with Crippen LogP contribution < -0.4 is 5.32 Å². The van der Waals surface area contributed by atoms with Gasteiger partial charge in [0.25, 0.3) is 0 Å². The molecule has 116 valence electrons. The van der Waals surface area contributed by atoms with Crippen molar-refractivity contribution in [3.8, 4) is 0 Å². The fourth-order valence-corrected chi connectivity index (χ4v) is 3.00. The molecule has 0 bridgehead atoms. The molecule has 0 aliphatic carbocycles. The molecule has 0 saturated carbocycles. The summed E-state index contributed by atoms with van der Waals surface area (Å²) in [6, 6.07) is 10.2. The number of hydrogen-bond acceptors (Lipinski definition) is 3.